The number of amides is 1. The zero-order valence-corrected chi connectivity index (χ0v) is 10.8. The minimum Gasteiger partial charge on any atom is -0.272 e. The average Bonchev–Trinajstić information content (AvgIpc) is 2.55. The first-order chi connectivity index (χ1) is 8.02. The Hall–Kier alpha value is -1.64. The summed E-state index contributed by atoms with van der Waals surface area (Å²) in [6, 6.07) is 7.84. The van der Waals surface area contributed by atoms with Crippen molar-refractivity contribution in [3.63, 3.8) is 0 Å². The highest BCUT2D eigenvalue weighted by atomic mass is 16.2. The number of aryl methyl sites for hydroxylation is 1. The van der Waals surface area contributed by atoms with Gasteiger partial charge in [0, 0.05) is 5.71 Å². The summed E-state index contributed by atoms with van der Waals surface area (Å²) in [4.78, 5) is 12.3. The second-order valence-electron chi connectivity index (χ2n) is 4.90. The maximum Gasteiger partial charge on any atom is 0.256 e. The number of nitrogens with zero attached hydrogens (tertiary/aromatic N) is 2. The van der Waals surface area contributed by atoms with E-state index in [-0.39, 0.29) is 11.8 Å². The van der Waals surface area contributed by atoms with Gasteiger partial charge in [0.2, 0.25) is 0 Å². The van der Waals surface area contributed by atoms with E-state index in [1.165, 1.54) is 0 Å². The smallest absolute Gasteiger partial charge is 0.256 e. The SMILES string of the molecule is CC1=NN(c2ccccc2C)C(=O)C1C(C)C. The monoisotopic (exact) mass is 230 g/mol. The van der Waals surface area contributed by atoms with Gasteiger partial charge in [0.05, 0.1) is 11.6 Å². The Morgan fingerprint density at radius 2 is 1.88 bits per heavy atom. The summed E-state index contributed by atoms with van der Waals surface area (Å²) >= 11 is 0. The Morgan fingerprint density at radius 3 is 2.41 bits per heavy atom. The first-order valence-corrected chi connectivity index (χ1v) is 5.97. The molecule has 1 amide bonds. The molecule has 3 heteroatoms. The van der Waals surface area contributed by atoms with Gasteiger partial charge in [0.1, 0.15) is 0 Å². The Labute approximate surface area is 102 Å². The fourth-order valence-electron chi connectivity index (χ4n) is 2.32. The number of hydrogen-bond donors (Lipinski definition) is 0. The van der Waals surface area contributed by atoms with E-state index >= 15 is 0 Å². The summed E-state index contributed by atoms with van der Waals surface area (Å²) < 4.78 is 0. The van der Waals surface area contributed by atoms with Gasteiger partial charge in [-0.1, -0.05) is 32.0 Å². The van der Waals surface area contributed by atoms with Crippen LogP contribution in [0.2, 0.25) is 0 Å². The fraction of sp³-hybridized carbons (Fsp3) is 0.429. The van der Waals surface area contributed by atoms with Crippen LogP contribution in [0.5, 0.6) is 0 Å². The van der Waals surface area contributed by atoms with Gasteiger partial charge in [0.25, 0.3) is 5.91 Å². The number of benzene rings is 1. The number of carbonyl (C=O) groups is 1. The van der Waals surface area contributed by atoms with Gasteiger partial charge >= 0.3 is 0 Å². The second-order valence-corrected chi connectivity index (χ2v) is 4.90. The molecule has 17 heavy (non-hydrogen) atoms. The summed E-state index contributed by atoms with van der Waals surface area (Å²) in [6.45, 7) is 8.04. The first-order valence-electron chi connectivity index (χ1n) is 5.97. The lowest BCUT2D eigenvalue weighted by Crippen LogP contribution is -2.30. The summed E-state index contributed by atoms with van der Waals surface area (Å²) in [5, 5.41) is 5.95. The number of para-hydroxylation sites is 1. The van der Waals surface area contributed by atoms with Gasteiger partial charge in [-0.25, -0.2) is 0 Å². The van der Waals surface area contributed by atoms with Crippen molar-refractivity contribution >= 4 is 17.3 Å². The molecule has 0 saturated carbocycles. The van der Waals surface area contributed by atoms with Crippen LogP contribution < -0.4 is 5.01 Å². The van der Waals surface area contributed by atoms with Crippen LogP contribution in [0.3, 0.4) is 0 Å². The maximum atomic E-state index is 12.3. The Kier molecular flexibility index (Phi) is 3.01. The highest BCUT2D eigenvalue weighted by Gasteiger charge is 2.36. The number of hydrogen-bond acceptors (Lipinski definition) is 2. The van der Waals surface area contributed by atoms with Crippen LogP contribution in [0.25, 0.3) is 0 Å². The summed E-state index contributed by atoms with van der Waals surface area (Å²) in [6.07, 6.45) is 0. The summed E-state index contributed by atoms with van der Waals surface area (Å²) in [5.74, 6) is 0.307. The molecule has 0 aliphatic carbocycles. The molecule has 1 heterocycles. The number of rotatable bonds is 2. The van der Waals surface area contributed by atoms with E-state index in [0.29, 0.717) is 5.92 Å². The van der Waals surface area contributed by atoms with E-state index in [2.05, 4.69) is 18.9 Å². The zero-order chi connectivity index (χ0) is 12.6. The van der Waals surface area contributed by atoms with E-state index in [1.807, 2.05) is 38.1 Å². The third kappa shape index (κ3) is 1.97. The molecule has 0 fully saturated rings. The van der Waals surface area contributed by atoms with Crippen molar-refractivity contribution in [1.29, 1.82) is 0 Å². The quantitative estimate of drug-likeness (QED) is 0.768. The average molecular weight is 230 g/mol. The number of carbonyl (C=O) groups excluding carboxylic acids is 1. The standard InChI is InChI=1S/C14H18N2O/c1-9(2)13-11(4)15-16(14(13)17)12-8-6-5-7-10(12)3/h5-9,13H,1-4H3. The molecule has 0 saturated heterocycles. The molecule has 3 nitrogen and oxygen atoms in total. The lowest BCUT2D eigenvalue weighted by atomic mass is 9.91. The minimum atomic E-state index is -0.0744. The predicted molar refractivity (Wildman–Crippen MR) is 70.1 cm³/mol. The predicted octanol–water partition coefficient (Wildman–Crippen LogP) is 2.99. The van der Waals surface area contributed by atoms with Gasteiger partial charge in [-0.15, -0.1) is 0 Å². The number of hydrazone groups is 1. The first kappa shape index (κ1) is 11.8. The molecular weight excluding hydrogens is 212 g/mol. The van der Waals surface area contributed by atoms with Gasteiger partial charge in [-0.05, 0) is 31.4 Å². The molecule has 1 atom stereocenters. The molecule has 1 aromatic rings. The third-order valence-electron chi connectivity index (χ3n) is 3.19. The molecule has 2 rings (SSSR count). The zero-order valence-electron chi connectivity index (χ0n) is 10.8. The van der Waals surface area contributed by atoms with E-state index < -0.39 is 0 Å². The molecule has 1 aromatic carbocycles. The molecule has 0 spiro atoms. The minimum absolute atomic E-state index is 0.0744. The van der Waals surface area contributed by atoms with Crippen molar-refractivity contribution in [2.75, 3.05) is 5.01 Å². The topological polar surface area (TPSA) is 32.7 Å². The van der Waals surface area contributed by atoms with E-state index in [0.717, 1.165) is 17.0 Å². The number of anilines is 1. The molecule has 0 N–H and O–H groups in total. The Bertz CT molecular complexity index is 477. The fourth-order valence-corrected chi connectivity index (χ4v) is 2.32. The molecule has 1 unspecified atom stereocenters. The van der Waals surface area contributed by atoms with Gasteiger partial charge < -0.3 is 0 Å². The lowest BCUT2D eigenvalue weighted by molar-refractivity contribution is -0.120. The molecule has 1 aliphatic rings. The van der Waals surface area contributed by atoms with Crippen molar-refractivity contribution in [2.45, 2.75) is 27.7 Å². The third-order valence-corrected chi connectivity index (χ3v) is 3.19. The molecule has 0 aromatic heterocycles. The van der Waals surface area contributed by atoms with Crippen LogP contribution in [0, 0.1) is 18.8 Å². The van der Waals surface area contributed by atoms with E-state index in [1.54, 1.807) is 5.01 Å². The Balaban J connectivity index is 2.38. The van der Waals surface area contributed by atoms with E-state index in [9.17, 15) is 4.79 Å². The molecule has 0 bridgehead atoms. The van der Waals surface area contributed by atoms with Crippen molar-refractivity contribution < 1.29 is 4.79 Å². The molecule has 1 aliphatic heterocycles. The summed E-state index contributed by atoms with van der Waals surface area (Å²) in [7, 11) is 0. The van der Waals surface area contributed by atoms with Crippen LogP contribution in [-0.2, 0) is 4.79 Å². The van der Waals surface area contributed by atoms with Crippen LogP contribution in [-0.4, -0.2) is 11.6 Å². The second kappa shape index (κ2) is 4.32. The summed E-state index contributed by atoms with van der Waals surface area (Å²) in [5.41, 5.74) is 2.87. The maximum absolute atomic E-state index is 12.3. The molecule has 0 radical (unpaired) electrons. The van der Waals surface area contributed by atoms with Crippen LogP contribution in [0.1, 0.15) is 26.3 Å². The van der Waals surface area contributed by atoms with Crippen LogP contribution in [0.4, 0.5) is 5.69 Å². The highest BCUT2D eigenvalue weighted by Crippen LogP contribution is 2.29. The Morgan fingerprint density at radius 1 is 1.24 bits per heavy atom. The van der Waals surface area contributed by atoms with Crippen molar-refractivity contribution in [3.8, 4) is 0 Å². The molecular formula is C14H18N2O. The van der Waals surface area contributed by atoms with Crippen molar-refractivity contribution in [2.24, 2.45) is 16.9 Å². The van der Waals surface area contributed by atoms with Gasteiger partial charge in [-0.3, -0.25) is 4.79 Å². The largest absolute Gasteiger partial charge is 0.272 e. The van der Waals surface area contributed by atoms with Crippen LogP contribution in [0.15, 0.2) is 29.4 Å². The van der Waals surface area contributed by atoms with Gasteiger partial charge in [0.15, 0.2) is 0 Å². The van der Waals surface area contributed by atoms with Crippen LogP contribution >= 0.6 is 0 Å². The van der Waals surface area contributed by atoms with E-state index in [4.69, 9.17) is 0 Å². The van der Waals surface area contributed by atoms with Crippen molar-refractivity contribution in [3.05, 3.63) is 29.8 Å². The molecule has 90 valence electrons. The highest BCUT2D eigenvalue weighted by molar-refractivity contribution is 6.15. The van der Waals surface area contributed by atoms with Gasteiger partial charge in [-0.2, -0.15) is 10.1 Å². The van der Waals surface area contributed by atoms with Crippen molar-refractivity contribution in [1.82, 2.24) is 0 Å². The normalized spacial score (nSPS) is 20.1. The lowest BCUT2D eigenvalue weighted by Gasteiger charge is -2.17.